The maximum absolute atomic E-state index is 11.8. The summed E-state index contributed by atoms with van der Waals surface area (Å²) in [6.07, 6.45) is 15.7. The van der Waals surface area contributed by atoms with Crippen LogP contribution in [0.3, 0.4) is 0 Å². The van der Waals surface area contributed by atoms with E-state index in [0.29, 0.717) is 12.8 Å². The summed E-state index contributed by atoms with van der Waals surface area (Å²) in [5.74, 6) is -2.49. The van der Waals surface area contributed by atoms with Gasteiger partial charge in [0.15, 0.2) is 0 Å². The van der Waals surface area contributed by atoms with E-state index in [1.165, 1.54) is 51.4 Å². The number of carbonyl (C=O) groups is 2. The van der Waals surface area contributed by atoms with Gasteiger partial charge in [-0.3, -0.25) is 0 Å². The molecule has 0 aromatic carbocycles. The van der Waals surface area contributed by atoms with Crippen molar-refractivity contribution in [2.24, 2.45) is 5.41 Å². The van der Waals surface area contributed by atoms with Gasteiger partial charge in [0.25, 0.3) is 0 Å². The Hall–Kier alpha value is -1.06. The summed E-state index contributed by atoms with van der Waals surface area (Å²) in [5.41, 5.74) is -1.24. The third kappa shape index (κ3) is 12.3. The van der Waals surface area contributed by atoms with Gasteiger partial charge < -0.3 is 19.8 Å². The number of aliphatic carboxylic acids is 2. The van der Waals surface area contributed by atoms with Crippen molar-refractivity contribution in [2.75, 3.05) is 0 Å². The minimum absolute atomic E-state index is 0.396. The first-order valence-corrected chi connectivity index (χ1v) is 10.9. The molecular formula is C22H40O4-2. The summed E-state index contributed by atoms with van der Waals surface area (Å²) >= 11 is 0. The first-order valence-electron chi connectivity index (χ1n) is 10.9. The Bertz CT molecular complexity index is 347. The molecule has 26 heavy (non-hydrogen) atoms. The Morgan fingerprint density at radius 3 is 1.27 bits per heavy atom. The third-order valence-electron chi connectivity index (χ3n) is 5.43. The summed E-state index contributed by atoms with van der Waals surface area (Å²) < 4.78 is 0. The van der Waals surface area contributed by atoms with Gasteiger partial charge in [-0.2, -0.15) is 0 Å². The molecule has 0 saturated carbocycles. The molecule has 0 bridgehead atoms. The number of carboxylic acid groups (broad SMARTS) is 2. The van der Waals surface area contributed by atoms with Gasteiger partial charge in [-0.15, -0.1) is 0 Å². The van der Waals surface area contributed by atoms with Crippen LogP contribution in [0.2, 0.25) is 0 Å². The van der Waals surface area contributed by atoms with Gasteiger partial charge in [-0.05, 0) is 19.3 Å². The summed E-state index contributed by atoms with van der Waals surface area (Å²) in [4.78, 5) is 22.9. The predicted molar refractivity (Wildman–Crippen MR) is 102 cm³/mol. The minimum Gasteiger partial charge on any atom is -0.550 e. The van der Waals surface area contributed by atoms with E-state index >= 15 is 0 Å². The van der Waals surface area contributed by atoms with Crippen molar-refractivity contribution in [2.45, 2.75) is 123 Å². The SMILES string of the molecule is CCCCCCCCCC(CCCCCCCCC)(CC(=O)[O-])C(=O)[O-]. The van der Waals surface area contributed by atoms with Gasteiger partial charge in [0.05, 0.1) is 0 Å². The van der Waals surface area contributed by atoms with Crippen molar-refractivity contribution in [1.29, 1.82) is 0 Å². The molecule has 0 aromatic rings. The maximum atomic E-state index is 11.8. The highest BCUT2D eigenvalue weighted by molar-refractivity contribution is 5.79. The Morgan fingerprint density at radius 2 is 0.962 bits per heavy atom. The van der Waals surface area contributed by atoms with E-state index in [9.17, 15) is 19.8 Å². The van der Waals surface area contributed by atoms with Gasteiger partial charge in [-0.25, -0.2) is 0 Å². The van der Waals surface area contributed by atoms with E-state index in [4.69, 9.17) is 0 Å². The van der Waals surface area contributed by atoms with Crippen molar-refractivity contribution < 1.29 is 19.8 Å². The predicted octanol–water partition coefficient (Wildman–Crippen LogP) is 4.14. The van der Waals surface area contributed by atoms with Crippen LogP contribution in [0, 0.1) is 5.41 Å². The lowest BCUT2D eigenvalue weighted by molar-refractivity contribution is -0.329. The van der Waals surface area contributed by atoms with Crippen molar-refractivity contribution in [3.05, 3.63) is 0 Å². The maximum Gasteiger partial charge on any atom is 0.0479 e. The number of hydrogen-bond acceptors (Lipinski definition) is 4. The molecule has 0 heterocycles. The van der Waals surface area contributed by atoms with Crippen LogP contribution in [0.4, 0.5) is 0 Å². The molecule has 4 heteroatoms. The lowest BCUT2D eigenvalue weighted by Crippen LogP contribution is -2.46. The second-order valence-electron chi connectivity index (χ2n) is 7.86. The topological polar surface area (TPSA) is 80.3 Å². The van der Waals surface area contributed by atoms with Crippen LogP contribution in [0.1, 0.15) is 123 Å². The first-order chi connectivity index (χ1) is 12.5. The molecule has 0 rings (SSSR count). The Kier molecular flexibility index (Phi) is 15.5. The average molecular weight is 369 g/mol. The molecule has 0 atom stereocenters. The van der Waals surface area contributed by atoms with Crippen molar-refractivity contribution in [3.8, 4) is 0 Å². The monoisotopic (exact) mass is 368 g/mol. The summed E-state index contributed by atoms with van der Waals surface area (Å²) in [7, 11) is 0. The second kappa shape index (κ2) is 16.1. The van der Waals surface area contributed by atoms with Gasteiger partial charge >= 0.3 is 0 Å². The number of unbranched alkanes of at least 4 members (excludes halogenated alkanes) is 12. The highest BCUT2D eigenvalue weighted by Gasteiger charge is 2.31. The highest BCUT2D eigenvalue weighted by Crippen LogP contribution is 2.35. The number of hydrogen-bond donors (Lipinski definition) is 0. The quantitative estimate of drug-likeness (QED) is 0.321. The van der Waals surface area contributed by atoms with Crippen LogP contribution in [0.5, 0.6) is 0 Å². The number of carbonyl (C=O) groups excluding carboxylic acids is 2. The largest absolute Gasteiger partial charge is 0.550 e. The van der Waals surface area contributed by atoms with Crippen LogP contribution in [0.15, 0.2) is 0 Å². The van der Waals surface area contributed by atoms with E-state index < -0.39 is 23.8 Å². The van der Waals surface area contributed by atoms with Crippen molar-refractivity contribution in [3.63, 3.8) is 0 Å². The van der Waals surface area contributed by atoms with Gasteiger partial charge in [0.1, 0.15) is 0 Å². The van der Waals surface area contributed by atoms with Crippen LogP contribution in [-0.4, -0.2) is 11.9 Å². The number of carboxylic acids is 2. The Morgan fingerprint density at radius 1 is 0.615 bits per heavy atom. The zero-order valence-electron chi connectivity index (χ0n) is 17.2. The number of rotatable bonds is 19. The summed E-state index contributed by atoms with van der Waals surface area (Å²) in [6.45, 7) is 4.36. The standard InChI is InChI=1S/C22H42O4/c1-3-5-7-9-11-13-15-17-22(21(25)26,19-20(23)24)18-16-14-12-10-8-6-4-2/h3-19H2,1-2H3,(H,23,24)(H,25,26)/p-2. The molecule has 0 saturated heterocycles. The lowest BCUT2D eigenvalue weighted by Gasteiger charge is -2.35. The van der Waals surface area contributed by atoms with Crippen molar-refractivity contribution >= 4 is 11.9 Å². The van der Waals surface area contributed by atoms with Crippen LogP contribution >= 0.6 is 0 Å². The fourth-order valence-corrected chi connectivity index (χ4v) is 3.70. The van der Waals surface area contributed by atoms with Gasteiger partial charge in [-0.1, -0.05) is 104 Å². The van der Waals surface area contributed by atoms with Crippen molar-refractivity contribution in [1.82, 2.24) is 0 Å². The minimum atomic E-state index is -1.28. The molecule has 4 nitrogen and oxygen atoms in total. The molecule has 0 unspecified atom stereocenters. The molecule has 0 radical (unpaired) electrons. The van der Waals surface area contributed by atoms with Gasteiger partial charge in [0, 0.05) is 17.4 Å². The molecule has 0 spiro atoms. The zero-order valence-corrected chi connectivity index (χ0v) is 17.2. The summed E-state index contributed by atoms with van der Waals surface area (Å²) in [5, 5.41) is 22.9. The highest BCUT2D eigenvalue weighted by atomic mass is 16.4. The normalized spacial score (nSPS) is 11.6. The molecule has 0 aromatic heterocycles. The molecular weight excluding hydrogens is 328 g/mol. The van der Waals surface area contributed by atoms with E-state index in [0.717, 1.165) is 38.5 Å². The summed E-state index contributed by atoms with van der Waals surface area (Å²) in [6, 6.07) is 0. The van der Waals surface area contributed by atoms with Gasteiger partial charge in [0.2, 0.25) is 0 Å². The third-order valence-corrected chi connectivity index (χ3v) is 5.43. The first kappa shape index (κ1) is 24.9. The molecule has 0 N–H and O–H groups in total. The fourth-order valence-electron chi connectivity index (χ4n) is 3.70. The van der Waals surface area contributed by atoms with E-state index in [1.54, 1.807) is 0 Å². The molecule has 0 fully saturated rings. The van der Waals surface area contributed by atoms with E-state index in [2.05, 4.69) is 13.8 Å². The molecule has 0 aliphatic heterocycles. The second-order valence-corrected chi connectivity index (χ2v) is 7.86. The lowest BCUT2D eigenvalue weighted by atomic mass is 9.75. The Labute approximate surface area is 160 Å². The van der Waals surface area contributed by atoms with Crippen LogP contribution in [0.25, 0.3) is 0 Å². The molecule has 154 valence electrons. The van der Waals surface area contributed by atoms with Crippen LogP contribution in [-0.2, 0) is 9.59 Å². The fraction of sp³-hybridized carbons (Fsp3) is 0.909. The Balaban J connectivity index is 4.33. The molecule has 0 amide bonds. The molecule has 0 aliphatic carbocycles. The smallest absolute Gasteiger partial charge is 0.0479 e. The zero-order chi connectivity index (χ0) is 19.7. The van der Waals surface area contributed by atoms with E-state index in [-0.39, 0.29) is 0 Å². The molecule has 0 aliphatic rings. The van der Waals surface area contributed by atoms with E-state index in [1.807, 2.05) is 0 Å². The average Bonchev–Trinajstić information content (AvgIpc) is 2.59. The van der Waals surface area contributed by atoms with Crippen LogP contribution < -0.4 is 10.2 Å².